The van der Waals surface area contributed by atoms with Crippen molar-refractivity contribution in [1.29, 1.82) is 0 Å². The lowest BCUT2D eigenvalue weighted by Crippen LogP contribution is -2.30. The minimum Gasteiger partial charge on any atom is -0.496 e. The van der Waals surface area contributed by atoms with E-state index in [9.17, 15) is 4.79 Å². The van der Waals surface area contributed by atoms with Crippen LogP contribution < -0.4 is 15.4 Å². The molecule has 2 heterocycles. The van der Waals surface area contributed by atoms with E-state index >= 15 is 0 Å². The van der Waals surface area contributed by atoms with Gasteiger partial charge in [0.1, 0.15) is 23.0 Å². The van der Waals surface area contributed by atoms with Crippen molar-refractivity contribution in [2.45, 2.75) is 84.4 Å². The van der Waals surface area contributed by atoms with Gasteiger partial charge in [0.15, 0.2) is 0 Å². The van der Waals surface area contributed by atoms with Crippen LogP contribution in [-0.4, -0.2) is 35.7 Å². The molecule has 9 heteroatoms. The number of hydrogen-bond donors (Lipinski definition) is 2. The number of carbonyl (C=O) groups excluding carboxylic acids is 1. The lowest BCUT2D eigenvalue weighted by molar-refractivity contribution is -0.161. The lowest BCUT2D eigenvalue weighted by Gasteiger charge is -2.30. The number of hydrogen-bond acceptors (Lipinski definition) is 8. The van der Waals surface area contributed by atoms with Crippen LogP contribution in [0.3, 0.4) is 0 Å². The molecule has 1 fully saturated rings. The zero-order chi connectivity index (χ0) is 31.6. The summed E-state index contributed by atoms with van der Waals surface area (Å²) in [5.74, 6) is 2.46. The summed E-state index contributed by atoms with van der Waals surface area (Å²) >= 11 is 8.38. The van der Waals surface area contributed by atoms with Gasteiger partial charge < -0.3 is 20.1 Å². The van der Waals surface area contributed by atoms with Gasteiger partial charge in [0.05, 0.1) is 24.6 Å². The van der Waals surface area contributed by atoms with Gasteiger partial charge in [-0.1, -0.05) is 23.7 Å². The summed E-state index contributed by atoms with van der Waals surface area (Å²) in [7, 11) is 3.65. The second kappa shape index (κ2) is 13.4. The average Bonchev–Trinajstić information content (AvgIpc) is 3.46. The average molecular weight is 635 g/mol. The van der Waals surface area contributed by atoms with Gasteiger partial charge in [-0.2, -0.15) is 0 Å². The van der Waals surface area contributed by atoms with Crippen molar-refractivity contribution in [3.63, 3.8) is 0 Å². The van der Waals surface area contributed by atoms with Gasteiger partial charge in [-0.05, 0) is 114 Å². The van der Waals surface area contributed by atoms with E-state index in [2.05, 4.69) is 41.1 Å². The fourth-order valence-electron chi connectivity index (χ4n) is 6.14. The number of methoxy groups -OCH3 is 1. The van der Waals surface area contributed by atoms with E-state index in [1.807, 2.05) is 52.9 Å². The predicted octanol–water partition coefficient (Wildman–Crippen LogP) is 8.84. The Morgan fingerprint density at radius 3 is 2.57 bits per heavy atom. The molecule has 0 spiro atoms. The lowest BCUT2D eigenvalue weighted by atomic mass is 9.78. The zero-order valence-electron chi connectivity index (χ0n) is 26.7. The third-order valence-corrected chi connectivity index (χ3v) is 9.65. The Balaban J connectivity index is 1.40. The minimum absolute atomic E-state index is 0.0105. The van der Waals surface area contributed by atoms with Gasteiger partial charge in [-0.3, -0.25) is 4.79 Å². The van der Waals surface area contributed by atoms with Crippen LogP contribution in [0.2, 0.25) is 5.02 Å². The van der Waals surface area contributed by atoms with E-state index in [-0.39, 0.29) is 23.8 Å². The number of thiophene rings is 1. The Kier molecular flexibility index (Phi) is 9.83. The summed E-state index contributed by atoms with van der Waals surface area (Å²) in [6.07, 6.45) is 3.39. The number of benzene rings is 2. The van der Waals surface area contributed by atoms with Crippen LogP contribution in [0.4, 0.5) is 5.82 Å². The second-order valence-electron chi connectivity index (χ2n) is 12.7. The van der Waals surface area contributed by atoms with Crippen LogP contribution in [0, 0.1) is 12.8 Å². The number of ether oxygens (including phenoxy) is 2. The maximum atomic E-state index is 12.7. The molecule has 44 heavy (non-hydrogen) atoms. The van der Waals surface area contributed by atoms with Crippen molar-refractivity contribution >= 4 is 45.6 Å². The number of aryl methyl sites for hydroxylation is 1. The molecular formula is C35H43ClN4O3S. The van der Waals surface area contributed by atoms with Crippen molar-refractivity contribution in [2.24, 2.45) is 5.92 Å². The van der Waals surface area contributed by atoms with Crippen molar-refractivity contribution in [1.82, 2.24) is 15.3 Å². The molecule has 0 aliphatic heterocycles. The number of esters is 1. The summed E-state index contributed by atoms with van der Waals surface area (Å²) in [5, 5.41) is 10.8. The predicted molar refractivity (Wildman–Crippen MR) is 181 cm³/mol. The number of halogens is 1. The number of nitrogens with zero attached hydrogens (tertiary/aromatic N) is 2. The quantitative estimate of drug-likeness (QED) is 0.178. The van der Waals surface area contributed by atoms with Crippen LogP contribution in [0.5, 0.6) is 5.75 Å². The highest BCUT2D eigenvalue weighted by Gasteiger charge is 2.32. The normalized spacial score (nSPS) is 17.8. The maximum absolute atomic E-state index is 12.7. The van der Waals surface area contributed by atoms with Gasteiger partial charge in [0.25, 0.3) is 0 Å². The fraction of sp³-hybridized carbons (Fsp3) is 0.457. The largest absolute Gasteiger partial charge is 0.496 e. The maximum Gasteiger partial charge on any atom is 0.309 e. The van der Waals surface area contributed by atoms with E-state index in [0.717, 1.165) is 76.4 Å². The monoisotopic (exact) mass is 634 g/mol. The molecule has 2 aromatic carbocycles. The number of carbonyl (C=O) groups is 1. The van der Waals surface area contributed by atoms with Gasteiger partial charge in [0.2, 0.25) is 0 Å². The van der Waals surface area contributed by atoms with Crippen molar-refractivity contribution in [3.8, 4) is 16.9 Å². The SMILES string of the molecule is CNCc1cccc(Cl)c1-c1csc([C@@H](C)Nc2nc(C)nc3cc(OC)c(C4CCC(C(=O)OC(C)(C)C)CC4)cc23)c1. The molecular weight excluding hydrogens is 592 g/mol. The molecule has 1 atom stereocenters. The van der Waals surface area contributed by atoms with Gasteiger partial charge >= 0.3 is 5.97 Å². The first-order chi connectivity index (χ1) is 21.0. The summed E-state index contributed by atoms with van der Waals surface area (Å²) in [4.78, 5) is 23.5. The van der Waals surface area contributed by atoms with Crippen molar-refractivity contribution in [2.75, 3.05) is 19.5 Å². The summed E-state index contributed by atoms with van der Waals surface area (Å²) in [5.41, 5.74) is 4.87. The van der Waals surface area contributed by atoms with Crippen LogP contribution in [0.1, 0.15) is 87.2 Å². The number of fused-ring (bicyclic) bond motifs is 1. The van der Waals surface area contributed by atoms with Gasteiger partial charge in [0, 0.05) is 33.5 Å². The Morgan fingerprint density at radius 1 is 1.14 bits per heavy atom. The summed E-state index contributed by atoms with van der Waals surface area (Å²) < 4.78 is 11.5. The second-order valence-corrected chi connectivity index (χ2v) is 14.1. The Morgan fingerprint density at radius 2 is 1.89 bits per heavy atom. The topological polar surface area (TPSA) is 85.4 Å². The third kappa shape index (κ3) is 7.19. The van der Waals surface area contributed by atoms with Crippen LogP contribution in [-0.2, 0) is 16.1 Å². The molecule has 0 amide bonds. The molecule has 2 N–H and O–H groups in total. The van der Waals surface area contributed by atoms with E-state index in [0.29, 0.717) is 5.82 Å². The Labute approximate surface area is 269 Å². The van der Waals surface area contributed by atoms with Crippen LogP contribution >= 0.6 is 22.9 Å². The standard InChI is InChI=1S/C35H43ClN4O3S/c1-20(31-15-25(19-44-31)32-24(18-37-6)9-8-10-28(32)36)38-33-27-16-26(30(42-7)17-29(27)39-21(2)40-33)22-11-13-23(14-12-22)34(41)43-35(3,4)5/h8-10,15-17,19-20,22-23,37H,11-14,18H2,1-7H3,(H,38,39,40)/t20-,22?,23?/m1/s1. The zero-order valence-corrected chi connectivity index (χ0v) is 28.3. The number of anilines is 1. The molecule has 1 aliphatic rings. The number of aromatic nitrogens is 2. The Hall–Kier alpha value is -3.20. The number of rotatable bonds is 9. The van der Waals surface area contributed by atoms with Gasteiger partial charge in [-0.15, -0.1) is 11.3 Å². The van der Waals surface area contributed by atoms with E-state index < -0.39 is 5.60 Å². The van der Waals surface area contributed by atoms with Crippen molar-refractivity contribution in [3.05, 3.63) is 68.6 Å². The molecule has 0 saturated heterocycles. The highest BCUT2D eigenvalue weighted by atomic mass is 35.5. The third-order valence-electron chi connectivity index (χ3n) is 8.22. The first-order valence-corrected chi connectivity index (χ1v) is 16.6. The molecule has 1 saturated carbocycles. The van der Waals surface area contributed by atoms with E-state index in [4.69, 9.17) is 31.0 Å². The highest BCUT2D eigenvalue weighted by molar-refractivity contribution is 7.10. The highest BCUT2D eigenvalue weighted by Crippen LogP contribution is 2.43. The molecule has 0 unspecified atom stereocenters. The summed E-state index contributed by atoms with van der Waals surface area (Å²) in [6, 6.07) is 12.5. The fourth-order valence-corrected chi connectivity index (χ4v) is 7.35. The summed E-state index contributed by atoms with van der Waals surface area (Å²) in [6.45, 7) is 10.6. The first kappa shape index (κ1) is 32.2. The molecule has 0 bridgehead atoms. The molecule has 0 radical (unpaired) electrons. The Bertz CT molecular complexity index is 1640. The molecule has 5 rings (SSSR count). The van der Waals surface area contributed by atoms with Crippen LogP contribution in [0.15, 0.2) is 41.8 Å². The molecule has 1 aliphatic carbocycles. The van der Waals surface area contributed by atoms with E-state index in [1.165, 1.54) is 10.4 Å². The smallest absolute Gasteiger partial charge is 0.309 e. The van der Waals surface area contributed by atoms with Gasteiger partial charge in [-0.25, -0.2) is 9.97 Å². The molecule has 2 aromatic heterocycles. The van der Waals surface area contributed by atoms with Crippen LogP contribution in [0.25, 0.3) is 22.0 Å². The first-order valence-electron chi connectivity index (χ1n) is 15.3. The van der Waals surface area contributed by atoms with Crippen molar-refractivity contribution < 1.29 is 14.3 Å². The molecule has 4 aromatic rings. The molecule has 234 valence electrons. The molecule has 7 nitrogen and oxygen atoms in total. The number of nitrogens with one attached hydrogen (secondary N) is 2. The van der Waals surface area contributed by atoms with E-state index in [1.54, 1.807) is 18.4 Å². The minimum atomic E-state index is -0.469.